The summed E-state index contributed by atoms with van der Waals surface area (Å²) in [7, 11) is 0. The summed E-state index contributed by atoms with van der Waals surface area (Å²) >= 11 is 0. The van der Waals surface area contributed by atoms with Crippen LogP contribution in [0, 0.1) is 0 Å². The van der Waals surface area contributed by atoms with Crippen LogP contribution in [-0.2, 0) is 38.2 Å². The largest absolute Gasteiger partial charge is 0.504 e. The molecule has 2 fully saturated rings. The number of carboxylic acids is 2. The molecule has 0 aliphatic heterocycles. The average molecular weight is 871 g/mol. The molecular formula is C41H42O21. The Bertz CT molecular complexity index is 2160. The van der Waals surface area contributed by atoms with Crippen molar-refractivity contribution in [1.82, 2.24) is 0 Å². The van der Waals surface area contributed by atoms with Gasteiger partial charge in [0.15, 0.2) is 45.7 Å². The van der Waals surface area contributed by atoms with Crippen molar-refractivity contribution < 1.29 is 105 Å². The molecule has 0 radical (unpaired) electrons. The Hall–Kier alpha value is -7.17. The SMILES string of the molecule is O=C(/C=C/c1ccc(O)c(O)c1)O[C@@H]1CC(O)(C(=O)O)C[C@@H](OC(=O)/C=C/c2ccc(O)c(O)c2)C1O.O=C(/C=C/c1ccc(O)c(O)c1)O[C@@H]1C[C@](O)(C(=O)O)C[C@@H](O)[C@H]1O. The van der Waals surface area contributed by atoms with Crippen LogP contribution in [0.2, 0.25) is 0 Å². The molecule has 0 spiro atoms. The summed E-state index contributed by atoms with van der Waals surface area (Å²) in [5.74, 6) is -8.55. The maximum absolute atomic E-state index is 12.3. The van der Waals surface area contributed by atoms with E-state index in [1.54, 1.807) is 0 Å². The number of aliphatic hydroxyl groups excluding tert-OH is 3. The van der Waals surface area contributed by atoms with E-state index in [0.717, 1.165) is 18.2 Å². The van der Waals surface area contributed by atoms with Gasteiger partial charge in [-0.25, -0.2) is 24.0 Å². The van der Waals surface area contributed by atoms with Crippen LogP contribution >= 0.6 is 0 Å². The normalized spacial score (nSPS) is 26.0. The molecule has 0 saturated heterocycles. The van der Waals surface area contributed by atoms with Crippen LogP contribution in [0.25, 0.3) is 18.2 Å². The van der Waals surface area contributed by atoms with Crippen LogP contribution in [-0.4, -0.2) is 144 Å². The number of hydrogen-bond donors (Lipinski definition) is 13. The lowest BCUT2D eigenvalue weighted by Crippen LogP contribution is -2.58. The fourth-order valence-electron chi connectivity index (χ4n) is 6.16. The number of aromatic hydroxyl groups is 6. The third-order valence-electron chi connectivity index (χ3n) is 9.53. The first-order valence-electron chi connectivity index (χ1n) is 18.2. The van der Waals surface area contributed by atoms with Gasteiger partial charge in [0, 0.05) is 43.9 Å². The Balaban J connectivity index is 0.000000294. The Morgan fingerprint density at radius 3 is 1.05 bits per heavy atom. The highest BCUT2D eigenvalue weighted by Gasteiger charge is 2.53. The number of benzene rings is 3. The minimum Gasteiger partial charge on any atom is -0.504 e. The molecule has 0 amide bonds. The van der Waals surface area contributed by atoms with Gasteiger partial charge in [0.25, 0.3) is 0 Å². The van der Waals surface area contributed by atoms with E-state index in [0.29, 0.717) is 16.7 Å². The number of carbonyl (C=O) groups excluding carboxylic acids is 3. The van der Waals surface area contributed by atoms with Gasteiger partial charge >= 0.3 is 29.8 Å². The molecule has 5 rings (SSSR count). The summed E-state index contributed by atoms with van der Waals surface area (Å²) in [6.45, 7) is 0. The van der Waals surface area contributed by atoms with Crippen LogP contribution in [0.5, 0.6) is 34.5 Å². The standard InChI is InChI=1S/C25H24O12.C16H18O9/c26-15-5-1-13(9-17(15)28)3-7-21(30)36-19-11-25(35,24(33)34)12-20(23(19)32)37-22(31)8-4-14-2-6-16(27)18(29)10-14;17-9-3-1-8(5-10(9)18)2-4-13(20)25-12-7-16(24,15(22)23)6-11(19)14(12)21/h1-10,19-20,23,26-29,32,35H,11-12H2,(H,33,34);1-5,11-12,14,17-19,21,24H,6-7H2,(H,22,23)/b7-3+,8-4+;4-2+/t19-,20-,23?,25?;11-,12-,14-,16+/m11/s1. The molecule has 2 aliphatic rings. The van der Waals surface area contributed by atoms with Crippen molar-refractivity contribution in [1.29, 1.82) is 0 Å². The van der Waals surface area contributed by atoms with E-state index < -0.39 is 115 Å². The molecular weight excluding hydrogens is 828 g/mol. The number of aliphatic carboxylic acids is 2. The highest BCUT2D eigenvalue weighted by Crippen LogP contribution is 2.35. The number of phenols is 6. The number of esters is 3. The average Bonchev–Trinajstić information content (AvgIpc) is 3.20. The Kier molecular flexibility index (Phi) is 15.3. The molecule has 0 heterocycles. The van der Waals surface area contributed by atoms with Gasteiger partial charge < -0.3 is 80.6 Å². The number of ether oxygens (including phenoxy) is 3. The lowest BCUT2D eigenvalue weighted by molar-refractivity contribution is -0.203. The van der Waals surface area contributed by atoms with Gasteiger partial charge in [0.2, 0.25) is 0 Å². The molecule has 2 aliphatic carbocycles. The Morgan fingerprint density at radius 1 is 0.468 bits per heavy atom. The number of rotatable bonds is 11. The minimum absolute atomic E-state index is 0.319. The molecule has 3 aromatic carbocycles. The maximum Gasteiger partial charge on any atom is 0.335 e. The molecule has 3 aromatic rings. The highest BCUT2D eigenvalue weighted by molar-refractivity contribution is 5.89. The molecule has 0 unspecified atom stereocenters. The zero-order chi connectivity index (χ0) is 46.1. The predicted molar refractivity (Wildman–Crippen MR) is 208 cm³/mol. The number of carboxylic acid groups (broad SMARTS) is 2. The van der Waals surface area contributed by atoms with E-state index in [1.807, 2.05) is 0 Å². The Morgan fingerprint density at radius 2 is 0.758 bits per heavy atom. The molecule has 6 atom stereocenters. The van der Waals surface area contributed by atoms with E-state index in [1.165, 1.54) is 72.8 Å². The number of hydrogen-bond acceptors (Lipinski definition) is 19. The van der Waals surface area contributed by atoms with Crippen molar-refractivity contribution in [2.75, 3.05) is 0 Å². The van der Waals surface area contributed by atoms with Crippen LogP contribution in [0.3, 0.4) is 0 Å². The molecule has 21 nitrogen and oxygen atoms in total. The Labute approximate surface area is 349 Å². The fraction of sp³-hybridized carbons (Fsp3) is 0.293. The van der Waals surface area contributed by atoms with Crippen molar-refractivity contribution in [3.63, 3.8) is 0 Å². The molecule has 62 heavy (non-hydrogen) atoms. The first-order chi connectivity index (χ1) is 29.0. The molecule has 13 N–H and O–H groups in total. The van der Waals surface area contributed by atoms with Gasteiger partial charge in [-0.2, -0.15) is 0 Å². The first kappa shape index (κ1) is 47.5. The smallest absolute Gasteiger partial charge is 0.335 e. The summed E-state index contributed by atoms with van der Waals surface area (Å²) in [6.07, 6.45) is -5.30. The lowest BCUT2D eigenvalue weighted by atomic mass is 9.79. The number of carbonyl (C=O) groups is 5. The summed E-state index contributed by atoms with van der Waals surface area (Å²) in [5, 5.41) is 125. The van der Waals surface area contributed by atoms with Crippen molar-refractivity contribution in [2.45, 2.75) is 73.5 Å². The van der Waals surface area contributed by atoms with E-state index in [9.17, 15) is 85.3 Å². The van der Waals surface area contributed by atoms with Crippen LogP contribution < -0.4 is 0 Å². The van der Waals surface area contributed by atoms with Crippen LogP contribution in [0.1, 0.15) is 42.4 Å². The number of aliphatic hydroxyl groups is 5. The van der Waals surface area contributed by atoms with Crippen molar-refractivity contribution >= 4 is 48.1 Å². The minimum atomic E-state index is -2.48. The lowest BCUT2D eigenvalue weighted by Gasteiger charge is -2.40. The molecule has 0 aromatic heterocycles. The molecule has 2 saturated carbocycles. The van der Waals surface area contributed by atoms with Gasteiger partial charge in [-0.3, -0.25) is 0 Å². The van der Waals surface area contributed by atoms with Gasteiger partial charge in [-0.15, -0.1) is 0 Å². The van der Waals surface area contributed by atoms with E-state index in [4.69, 9.17) is 19.3 Å². The molecule has 0 bridgehead atoms. The summed E-state index contributed by atoms with van der Waals surface area (Å²) < 4.78 is 15.2. The predicted octanol–water partition coefficient (Wildman–Crippen LogP) is 0.384. The van der Waals surface area contributed by atoms with Crippen LogP contribution in [0.15, 0.2) is 72.8 Å². The highest BCUT2D eigenvalue weighted by atomic mass is 16.6. The second-order valence-electron chi connectivity index (χ2n) is 14.2. The maximum atomic E-state index is 12.3. The van der Waals surface area contributed by atoms with E-state index in [-0.39, 0.29) is 23.0 Å². The second kappa shape index (κ2) is 19.9. The van der Waals surface area contributed by atoms with Gasteiger partial charge in [0.1, 0.15) is 30.5 Å². The van der Waals surface area contributed by atoms with Gasteiger partial charge in [-0.1, -0.05) is 18.2 Å². The quantitative estimate of drug-likeness (QED) is 0.0536. The van der Waals surface area contributed by atoms with Crippen molar-refractivity contribution in [3.8, 4) is 34.5 Å². The topological polar surface area (TPSA) is 376 Å². The summed E-state index contributed by atoms with van der Waals surface area (Å²) in [5.41, 5.74) is -3.78. The summed E-state index contributed by atoms with van der Waals surface area (Å²) in [6, 6.07) is 11.3. The second-order valence-corrected chi connectivity index (χ2v) is 14.2. The molecule has 21 heteroatoms. The summed E-state index contributed by atoms with van der Waals surface area (Å²) in [4.78, 5) is 59.1. The number of phenolic OH excluding ortho intramolecular Hbond substituents is 6. The first-order valence-corrected chi connectivity index (χ1v) is 18.2. The van der Waals surface area contributed by atoms with Gasteiger partial charge in [-0.05, 0) is 71.3 Å². The third kappa shape index (κ3) is 12.4. The monoisotopic (exact) mass is 870 g/mol. The van der Waals surface area contributed by atoms with Crippen LogP contribution in [0.4, 0.5) is 0 Å². The zero-order valence-corrected chi connectivity index (χ0v) is 32.0. The van der Waals surface area contributed by atoms with Gasteiger partial charge in [0.05, 0.1) is 6.10 Å². The van der Waals surface area contributed by atoms with E-state index in [2.05, 4.69) is 0 Å². The fourth-order valence-corrected chi connectivity index (χ4v) is 6.16. The van der Waals surface area contributed by atoms with E-state index >= 15 is 0 Å². The van der Waals surface area contributed by atoms with Crippen molar-refractivity contribution in [3.05, 3.63) is 89.5 Å². The van der Waals surface area contributed by atoms with Crippen molar-refractivity contribution in [2.24, 2.45) is 0 Å². The molecule has 332 valence electrons. The third-order valence-corrected chi connectivity index (χ3v) is 9.53. The zero-order valence-electron chi connectivity index (χ0n) is 32.0.